The molecule has 0 bridgehead atoms. The van der Waals surface area contributed by atoms with Crippen LogP contribution in [-0.4, -0.2) is 53.9 Å². The zero-order valence-electron chi connectivity index (χ0n) is 17.5. The average Bonchev–Trinajstić information content (AvgIpc) is 2.78. The summed E-state index contributed by atoms with van der Waals surface area (Å²) in [5, 5.41) is 7.34. The number of nitrogens with two attached hydrogens (primary N) is 1. The molecule has 5 rings (SSSR count). The Bertz CT molecular complexity index is 1080. The van der Waals surface area contributed by atoms with Gasteiger partial charge in [-0.1, -0.05) is 17.7 Å². The van der Waals surface area contributed by atoms with Gasteiger partial charge in [-0.05, 0) is 36.6 Å². The van der Waals surface area contributed by atoms with E-state index in [2.05, 4.69) is 9.98 Å². The van der Waals surface area contributed by atoms with Crippen molar-refractivity contribution in [3.05, 3.63) is 47.2 Å². The van der Waals surface area contributed by atoms with Crippen molar-refractivity contribution in [3.63, 3.8) is 0 Å². The van der Waals surface area contributed by atoms with Gasteiger partial charge < -0.3 is 25.1 Å². The quantitative estimate of drug-likeness (QED) is 0.597. The first-order valence-electron chi connectivity index (χ1n) is 10.2. The average molecular weight is 482 g/mol. The number of alkyl halides is 2. The number of amidine groups is 1. The zero-order valence-corrected chi connectivity index (χ0v) is 18.2. The number of carbonyl (C=O) groups is 1. The molecule has 3 aliphatic rings. The van der Waals surface area contributed by atoms with E-state index in [1.54, 1.807) is 30.5 Å². The fraction of sp³-hybridized carbons (Fsp3) is 0.409. The summed E-state index contributed by atoms with van der Waals surface area (Å²) in [6.07, 6.45) is 4.34. The van der Waals surface area contributed by atoms with Gasteiger partial charge in [0.05, 0.1) is 11.6 Å². The van der Waals surface area contributed by atoms with E-state index in [0.717, 1.165) is 0 Å². The molecule has 0 aliphatic carbocycles. The van der Waals surface area contributed by atoms with Crippen LogP contribution in [0.2, 0.25) is 5.02 Å². The van der Waals surface area contributed by atoms with Gasteiger partial charge in [0, 0.05) is 36.5 Å². The molecule has 11 heteroatoms. The predicted octanol–water partition coefficient (Wildman–Crippen LogP) is 3.61. The molecule has 0 amide bonds. The molecule has 2 spiro atoms. The molecule has 0 radical (unpaired) electrons. The second-order valence-corrected chi connectivity index (χ2v) is 8.55. The van der Waals surface area contributed by atoms with Crippen LogP contribution in [0.25, 0.3) is 11.1 Å². The minimum absolute atomic E-state index is 0.0898. The van der Waals surface area contributed by atoms with Crippen molar-refractivity contribution in [2.45, 2.75) is 36.4 Å². The van der Waals surface area contributed by atoms with Crippen molar-refractivity contribution >= 4 is 24.1 Å². The molecule has 0 unspecified atom stereocenters. The zero-order chi connectivity index (χ0) is 23.7. The minimum atomic E-state index is -3.29. The molecule has 0 saturated carbocycles. The van der Waals surface area contributed by atoms with Crippen LogP contribution in [0.1, 0.15) is 24.8 Å². The number of carboxylic acid groups (broad SMARTS) is 1. The molecule has 176 valence electrons. The van der Waals surface area contributed by atoms with Crippen molar-refractivity contribution < 1.29 is 32.9 Å². The molecule has 1 saturated heterocycles. The molecular formula is C22H22ClF2N3O5. The number of ether oxygens (including phenoxy) is 3. The normalized spacial score (nSPS) is 27.3. The number of rotatable bonds is 1. The second-order valence-electron chi connectivity index (χ2n) is 8.11. The Morgan fingerprint density at radius 2 is 1.97 bits per heavy atom. The van der Waals surface area contributed by atoms with Crippen molar-refractivity contribution in [1.82, 2.24) is 4.98 Å². The third-order valence-corrected chi connectivity index (χ3v) is 6.15. The first kappa shape index (κ1) is 23.2. The summed E-state index contributed by atoms with van der Waals surface area (Å²) in [6, 6.07) is 6.59. The Morgan fingerprint density at radius 3 is 2.67 bits per heavy atom. The molecule has 2 aromatic rings. The SMILES string of the molecule is NC1=NCC(F)(F)[C@]2(C[C@@]3(CCCOC3)Oc3ccc(-c4cncc(Cl)c4)cc32)O1.O=CO. The Labute approximate surface area is 193 Å². The lowest BCUT2D eigenvalue weighted by atomic mass is 9.72. The van der Waals surface area contributed by atoms with Crippen LogP contribution >= 0.6 is 11.6 Å². The topological polar surface area (TPSA) is 116 Å². The van der Waals surface area contributed by atoms with Gasteiger partial charge in [0.1, 0.15) is 17.9 Å². The highest BCUT2D eigenvalue weighted by Crippen LogP contribution is 2.56. The van der Waals surface area contributed by atoms with Gasteiger partial charge in [-0.3, -0.25) is 9.78 Å². The second kappa shape index (κ2) is 8.75. The molecule has 33 heavy (non-hydrogen) atoms. The molecule has 4 heterocycles. The highest BCUT2D eigenvalue weighted by atomic mass is 35.5. The third kappa shape index (κ3) is 4.20. The lowest BCUT2D eigenvalue weighted by molar-refractivity contribution is -0.227. The summed E-state index contributed by atoms with van der Waals surface area (Å²) in [5.41, 5.74) is 4.49. The number of halogens is 3. The molecule has 1 aromatic heterocycles. The summed E-state index contributed by atoms with van der Waals surface area (Å²) < 4.78 is 48.6. The summed E-state index contributed by atoms with van der Waals surface area (Å²) in [6.45, 7) is -0.213. The molecular weight excluding hydrogens is 460 g/mol. The number of nitrogens with zero attached hydrogens (tertiary/aromatic N) is 2. The van der Waals surface area contributed by atoms with Gasteiger partial charge >= 0.3 is 5.92 Å². The van der Waals surface area contributed by atoms with Gasteiger partial charge in [-0.15, -0.1) is 0 Å². The largest absolute Gasteiger partial charge is 0.484 e. The monoisotopic (exact) mass is 481 g/mol. The van der Waals surface area contributed by atoms with E-state index in [1.807, 2.05) is 0 Å². The maximum Gasteiger partial charge on any atom is 0.310 e. The van der Waals surface area contributed by atoms with Crippen LogP contribution in [0.4, 0.5) is 8.78 Å². The van der Waals surface area contributed by atoms with E-state index in [1.165, 1.54) is 6.20 Å². The van der Waals surface area contributed by atoms with Crippen molar-refractivity contribution in [3.8, 4) is 16.9 Å². The number of hydrogen-bond acceptors (Lipinski definition) is 7. The van der Waals surface area contributed by atoms with E-state index in [9.17, 15) is 0 Å². The van der Waals surface area contributed by atoms with Crippen molar-refractivity contribution in [2.24, 2.45) is 10.7 Å². The molecule has 3 aliphatic heterocycles. The minimum Gasteiger partial charge on any atom is -0.484 e. The third-order valence-electron chi connectivity index (χ3n) is 5.94. The first-order valence-corrected chi connectivity index (χ1v) is 10.6. The van der Waals surface area contributed by atoms with Gasteiger partial charge in [0.2, 0.25) is 5.60 Å². The molecule has 8 nitrogen and oxygen atoms in total. The number of aromatic nitrogens is 1. The van der Waals surface area contributed by atoms with Gasteiger partial charge in [-0.2, -0.15) is 8.78 Å². The van der Waals surface area contributed by atoms with Gasteiger partial charge in [0.15, 0.2) is 0 Å². The number of pyridine rings is 1. The summed E-state index contributed by atoms with van der Waals surface area (Å²) in [4.78, 5) is 16.1. The van der Waals surface area contributed by atoms with Crippen molar-refractivity contribution in [1.29, 1.82) is 0 Å². The van der Waals surface area contributed by atoms with Crippen LogP contribution in [0, 0.1) is 0 Å². The predicted molar refractivity (Wildman–Crippen MR) is 116 cm³/mol. The van der Waals surface area contributed by atoms with Gasteiger partial charge in [-0.25, -0.2) is 4.99 Å². The Balaban J connectivity index is 0.000000821. The van der Waals surface area contributed by atoms with Crippen LogP contribution in [0.15, 0.2) is 41.7 Å². The number of fused-ring (bicyclic) bond motifs is 2. The number of hydrogen-bond donors (Lipinski definition) is 2. The van der Waals surface area contributed by atoms with E-state index in [0.29, 0.717) is 41.3 Å². The van der Waals surface area contributed by atoms with Crippen LogP contribution in [0.5, 0.6) is 5.75 Å². The molecule has 1 aromatic carbocycles. The maximum atomic E-state index is 15.5. The first-order chi connectivity index (χ1) is 15.7. The van der Waals surface area contributed by atoms with Crippen LogP contribution < -0.4 is 10.5 Å². The van der Waals surface area contributed by atoms with Crippen LogP contribution in [0.3, 0.4) is 0 Å². The summed E-state index contributed by atoms with van der Waals surface area (Å²) in [5.74, 6) is -2.95. The number of aliphatic imine (C=N–C) groups is 1. The van der Waals surface area contributed by atoms with E-state index >= 15 is 8.78 Å². The molecule has 1 fully saturated rings. The van der Waals surface area contributed by atoms with Crippen molar-refractivity contribution in [2.75, 3.05) is 19.8 Å². The van der Waals surface area contributed by atoms with Gasteiger partial charge in [0.25, 0.3) is 12.5 Å². The Morgan fingerprint density at radius 1 is 1.18 bits per heavy atom. The summed E-state index contributed by atoms with van der Waals surface area (Å²) >= 11 is 6.06. The Kier molecular flexibility index (Phi) is 6.15. The van der Waals surface area contributed by atoms with E-state index < -0.39 is 23.7 Å². The molecule has 2 atom stereocenters. The number of benzene rings is 1. The Hall–Kier alpha value is -2.98. The summed E-state index contributed by atoms with van der Waals surface area (Å²) in [7, 11) is 0. The smallest absolute Gasteiger partial charge is 0.310 e. The fourth-order valence-electron chi connectivity index (χ4n) is 4.56. The lowest BCUT2D eigenvalue weighted by Crippen LogP contribution is -2.63. The highest BCUT2D eigenvalue weighted by Gasteiger charge is 2.66. The fourth-order valence-corrected chi connectivity index (χ4v) is 4.73. The van der Waals surface area contributed by atoms with E-state index in [-0.39, 0.29) is 31.1 Å². The lowest BCUT2D eigenvalue weighted by Gasteiger charge is -2.52. The van der Waals surface area contributed by atoms with E-state index in [4.69, 9.17) is 41.4 Å². The maximum absolute atomic E-state index is 15.5. The molecule has 3 N–H and O–H groups in total. The standard InChI is InChI=1S/C21H20ClF2N3O3.CH2O2/c22-15-6-14(8-26-9-15)13-2-3-17-16(7-13)20(21(23,24)11-27-18(25)30-20)10-19(29-17)4-1-5-28-12-19;2-1-3/h2-3,6-9H,1,4-5,10-12H2,(H2,25,27);1H,(H,2,3)/t19-,20-;/m1./s1. The van der Waals surface area contributed by atoms with Crippen LogP contribution in [-0.2, 0) is 19.9 Å². The highest BCUT2D eigenvalue weighted by molar-refractivity contribution is 6.30.